The van der Waals surface area contributed by atoms with Crippen LogP contribution >= 0.6 is 0 Å². The molecule has 0 spiro atoms. The van der Waals surface area contributed by atoms with Crippen molar-refractivity contribution in [1.29, 1.82) is 0 Å². The zero-order valence-electron chi connectivity index (χ0n) is 12.0. The number of nitrogens with zero attached hydrogens (tertiary/aromatic N) is 1. The maximum absolute atomic E-state index is 11.5. The third-order valence-electron chi connectivity index (χ3n) is 3.31. The second-order valence-electron chi connectivity index (χ2n) is 5.44. The molecule has 0 saturated carbocycles. The molecule has 0 aliphatic carbocycles. The summed E-state index contributed by atoms with van der Waals surface area (Å²) in [6.45, 7) is 9.29. The van der Waals surface area contributed by atoms with E-state index in [1.54, 1.807) is 0 Å². The number of carbonyl (C=O) groups excluding carboxylic acids is 1. The quantitative estimate of drug-likeness (QED) is 0.862. The van der Waals surface area contributed by atoms with E-state index in [1.165, 1.54) is 16.8 Å². The number of nitrogens with one attached hydrogen (secondary N) is 2. The standard InChI is InChI=1S/C15H23N3O/c1-11(2)17-9-13-8-12(3)4-5-14(13)18-7-6-16-15(19)10-18/h4-5,8,11,17H,6-7,9-10H2,1-3H3,(H,16,19). The van der Waals surface area contributed by atoms with Gasteiger partial charge in [0.2, 0.25) is 5.91 Å². The molecular weight excluding hydrogens is 238 g/mol. The SMILES string of the molecule is Cc1ccc(N2CCNC(=O)C2)c(CNC(C)C)c1. The molecule has 4 heteroatoms. The molecule has 0 bridgehead atoms. The van der Waals surface area contributed by atoms with E-state index in [-0.39, 0.29) is 5.91 Å². The molecule has 19 heavy (non-hydrogen) atoms. The number of benzene rings is 1. The Labute approximate surface area is 115 Å². The predicted octanol–water partition coefficient (Wildman–Crippen LogP) is 1.43. The number of hydrogen-bond acceptors (Lipinski definition) is 3. The molecule has 4 nitrogen and oxygen atoms in total. The highest BCUT2D eigenvalue weighted by Gasteiger charge is 2.18. The molecule has 1 heterocycles. The number of piperazine rings is 1. The number of hydrogen-bond donors (Lipinski definition) is 2. The molecule has 1 aliphatic rings. The van der Waals surface area contributed by atoms with Crippen molar-refractivity contribution in [2.24, 2.45) is 0 Å². The molecule has 1 amide bonds. The molecule has 2 N–H and O–H groups in total. The van der Waals surface area contributed by atoms with Crippen LogP contribution in [-0.2, 0) is 11.3 Å². The number of carbonyl (C=O) groups is 1. The third-order valence-corrected chi connectivity index (χ3v) is 3.31. The van der Waals surface area contributed by atoms with Gasteiger partial charge in [-0.25, -0.2) is 0 Å². The average molecular weight is 261 g/mol. The first-order valence-electron chi connectivity index (χ1n) is 6.91. The molecule has 2 rings (SSSR count). The van der Waals surface area contributed by atoms with Gasteiger partial charge in [-0.2, -0.15) is 0 Å². The first kappa shape index (κ1) is 13.9. The highest BCUT2D eigenvalue weighted by atomic mass is 16.2. The lowest BCUT2D eigenvalue weighted by molar-refractivity contribution is -0.120. The molecule has 0 aromatic heterocycles. The minimum Gasteiger partial charge on any atom is -0.360 e. The van der Waals surface area contributed by atoms with Crippen LogP contribution in [0, 0.1) is 6.92 Å². The van der Waals surface area contributed by atoms with Crippen molar-refractivity contribution in [3.05, 3.63) is 29.3 Å². The van der Waals surface area contributed by atoms with Crippen LogP contribution in [0.3, 0.4) is 0 Å². The molecule has 0 radical (unpaired) electrons. The summed E-state index contributed by atoms with van der Waals surface area (Å²) < 4.78 is 0. The van der Waals surface area contributed by atoms with Crippen molar-refractivity contribution < 1.29 is 4.79 Å². The van der Waals surface area contributed by atoms with Crippen molar-refractivity contribution in [2.45, 2.75) is 33.4 Å². The van der Waals surface area contributed by atoms with Gasteiger partial charge in [0.05, 0.1) is 6.54 Å². The Morgan fingerprint density at radius 2 is 2.21 bits per heavy atom. The normalized spacial score (nSPS) is 15.8. The fraction of sp³-hybridized carbons (Fsp3) is 0.533. The Hall–Kier alpha value is -1.55. The first-order chi connectivity index (χ1) is 9.06. The molecule has 0 unspecified atom stereocenters. The van der Waals surface area contributed by atoms with Gasteiger partial charge in [0.15, 0.2) is 0 Å². The van der Waals surface area contributed by atoms with Gasteiger partial charge < -0.3 is 15.5 Å². The Morgan fingerprint density at radius 3 is 2.89 bits per heavy atom. The fourth-order valence-electron chi connectivity index (χ4n) is 2.32. The van der Waals surface area contributed by atoms with Crippen molar-refractivity contribution in [1.82, 2.24) is 10.6 Å². The maximum Gasteiger partial charge on any atom is 0.239 e. The van der Waals surface area contributed by atoms with Gasteiger partial charge in [-0.1, -0.05) is 31.5 Å². The highest BCUT2D eigenvalue weighted by molar-refractivity contribution is 5.83. The molecule has 1 aromatic rings. The minimum absolute atomic E-state index is 0.106. The Bertz CT molecular complexity index is 457. The summed E-state index contributed by atoms with van der Waals surface area (Å²) in [5.41, 5.74) is 3.70. The summed E-state index contributed by atoms with van der Waals surface area (Å²) in [7, 11) is 0. The molecular formula is C15H23N3O. The van der Waals surface area contributed by atoms with Crippen molar-refractivity contribution >= 4 is 11.6 Å². The van der Waals surface area contributed by atoms with E-state index in [2.05, 4.69) is 54.5 Å². The molecule has 0 atom stereocenters. The number of anilines is 1. The minimum atomic E-state index is 0.106. The third kappa shape index (κ3) is 3.70. The van der Waals surface area contributed by atoms with Crippen LogP contribution < -0.4 is 15.5 Å². The molecule has 1 saturated heterocycles. The zero-order valence-corrected chi connectivity index (χ0v) is 12.0. The molecule has 1 aliphatic heterocycles. The summed E-state index contributed by atoms with van der Waals surface area (Å²) in [6, 6.07) is 6.90. The van der Waals surface area contributed by atoms with E-state index in [4.69, 9.17) is 0 Å². The lowest BCUT2D eigenvalue weighted by Gasteiger charge is -2.30. The van der Waals surface area contributed by atoms with Gasteiger partial charge in [0.1, 0.15) is 0 Å². The summed E-state index contributed by atoms with van der Waals surface area (Å²) in [5.74, 6) is 0.106. The summed E-state index contributed by atoms with van der Waals surface area (Å²) in [5, 5.41) is 6.32. The van der Waals surface area contributed by atoms with Gasteiger partial charge in [0, 0.05) is 31.4 Å². The van der Waals surface area contributed by atoms with Crippen LogP contribution in [0.5, 0.6) is 0 Å². The monoisotopic (exact) mass is 261 g/mol. The molecule has 1 aromatic carbocycles. The zero-order chi connectivity index (χ0) is 13.8. The van der Waals surface area contributed by atoms with Crippen LogP contribution in [0.25, 0.3) is 0 Å². The summed E-state index contributed by atoms with van der Waals surface area (Å²) in [6.07, 6.45) is 0. The average Bonchev–Trinajstić information content (AvgIpc) is 2.36. The van der Waals surface area contributed by atoms with Crippen molar-refractivity contribution in [2.75, 3.05) is 24.5 Å². The lowest BCUT2D eigenvalue weighted by atomic mass is 10.1. The predicted molar refractivity (Wildman–Crippen MR) is 78.4 cm³/mol. The van der Waals surface area contributed by atoms with Crippen LogP contribution in [0.2, 0.25) is 0 Å². The van der Waals surface area contributed by atoms with E-state index >= 15 is 0 Å². The number of aryl methyl sites for hydroxylation is 1. The largest absolute Gasteiger partial charge is 0.360 e. The maximum atomic E-state index is 11.5. The highest BCUT2D eigenvalue weighted by Crippen LogP contribution is 2.22. The summed E-state index contributed by atoms with van der Waals surface area (Å²) in [4.78, 5) is 13.7. The fourth-order valence-corrected chi connectivity index (χ4v) is 2.32. The van der Waals surface area contributed by atoms with E-state index in [0.717, 1.165) is 19.6 Å². The summed E-state index contributed by atoms with van der Waals surface area (Å²) >= 11 is 0. The van der Waals surface area contributed by atoms with E-state index in [9.17, 15) is 4.79 Å². The Balaban J connectivity index is 2.20. The topological polar surface area (TPSA) is 44.4 Å². The number of amides is 1. The van der Waals surface area contributed by atoms with Gasteiger partial charge in [-0.15, -0.1) is 0 Å². The molecule has 1 fully saturated rings. The van der Waals surface area contributed by atoms with Gasteiger partial charge in [0.25, 0.3) is 0 Å². The van der Waals surface area contributed by atoms with E-state index < -0.39 is 0 Å². The Kier molecular flexibility index (Phi) is 4.43. The van der Waals surface area contributed by atoms with Gasteiger partial charge in [-0.3, -0.25) is 4.79 Å². The number of rotatable bonds is 4. The second-order valence-corrected chi connectivity index (χ2v) is 5.44. The van der Waals surface area contributed by atoms with Crippen LogP contribution in [-0.4, -0.2) is 31.6 Å². The van der Waals surface area contributed by atoms with Crippen LogP contribution in [0.4, 0.5) is 5.69 Å². The lowest BCUT2D eigenvalue weighted by Crippen LogP contribution is -2.48. The smallest absolute Gasteiger partial charge is 0.239 e. The van der Waals surface area contributed by atoms with Crippen molar-refractivity contribution in [3.63, 3.8) is 0 Å². The van der Waals surface area contributed by atoms with E-state index in [0.29, 0.717) is 12.6 Å². The Morgan fingerprint density at radius 1 is 1.42 bits per heavy atom. The second kappa shape index (κ2) is 6.06. The van der Waals surface area contributed by atoms with Crippen molar-refractivity contribution in [3.8, 4) is 0 Å². The van der Waals surface area contributed by atoms with Gasteiger partial charge >= 0.3 is 0 Å². The first-order valence-corrected chi connectivity index (χ1v) is 6.91. The molecule has 104 valence electrons. The van der Waals surface area contributed by atoms with Gasteiger partial charge in [-0.05, 0) is 18.6 Å². The van der Waals surface area contributed by atoms with E-state index in [1.807, 2.05) is 0 Å². The van der Waals surface area contributed by atoms with Crippen LogP contribution in [0.15, 0.2) is 18.2 Å². The van der Waals surface area contributed by atoms with Crippen LogP contribution in [0.1, 0.15) is 25.0 Å².